The maximum absolute atomic E-state index is 11.4. The van der Waals surface area contributed by atoms with Crippen LogP contribution < -0.4 is 16.4 Å². The van der Waals surface area contributed by atoms with E-state index in [2.05, 4.69) is 5.32 Å². The minimum atomic E-state index is -3.58. The zero-order valence-electron chi connectivity index (χ0n) is 8.61. The van der Waals surface area contributed by atoms with E-state index in [1.807, 2.05) is 5.32 Å². The van der Waals surface area contributed by atoms with Crippen LogP contribution in [0.1, 0.15) is 6.92 Å². The number of amides is 3. The Morgan fingerprint density at radius 3 is 2.33 bits per heavy atom. The zero-order valence-corrected chi connectivity index (χ0v) is 9.43. The van der Waals surface area contributed by atoms with E-state index in [-0.39, 0.29) is 12.3 Å². The lowest BCUT2D eigenvalue weighted by molar-refractivity contribution is -0.119. The highest BCUT2D eigenvalue weighted by atomic mass is 32.2. The van der Waals surface area contributed by atoms with E-state index in [0.717, 1.165) is 0 Å². The van der Waals surface area contributed by atoms with Gasteiger partial charge in [-0.2, -0.15) is 0 Å². The van der Waals surface area contributed by atoms with E-state index >= 15 is 0 Å². The molecule has 0 heterocycles. The molecule has 0 saturated heterocycles. The second-order valence-corrected chi connectivity index (χ2v) is 5.31. The fourth-order valence-electron chi connectivity index (χ4n) is 0.780. The molecule has 0 aliphatic heterocycles. The molecule has 0 spiro atoms. The van der Waals surface area contributed by atoms with Gasteiger partial charge in [-0.15, -0.1) is 0 Å². The summed E-state index contributed by atoms with van der Waals surface area (Å²) in [5.41, 5.74) is 5.09. The van der Waals surface area contributed by atoms with Crippen LogP contribution >= 0.6 is 0 Å². The smallest absolute Gasteiger partial charge is 0.321 e. The molecule has 0 radical (unpaired) electrons. The SMILES string of the molecule is CNC(=O)NC(=O)C(C)S(=O)(=O)CCN. The lowest BCUT2D eigenvalue weighted by Gasteiger charge is -2.11. The van der Waals surface area contributed by atoms with Crippen molar-refractivity contribution in [2.24, 2.45) is 5.73 Å². The molecule has 0 saturated carbocycles. The van der Waals surface area contributed by atoms with E-state index in [4.69, 9.17) is 5.73 Å². The van der Waals surface area contributed by atoms with Gasteiger partial charge in [0.1, 0.15) is 5.25 Å². The summed E-state index contributed by atoms with van der Waals surface area (Å²) in [6.07, 6.45) is 0. The fraction of sp³-hybridized carbons (Fsp3) is 0.714. The molecule has 0 aromatic rings. The topological polar surface area (TPSA) is 118 Å². The summed E-state index contributed by atoms with van der Waals surface area (Å²) in [6.45, 7) is 1.16. The lowest BCUT2D eigenvalue weighted by atomic mass is 10.4. The molecule has 0 fully saturated rings. The van der Waals surface area contributed by atoms with Gasteiger partial charge in [-0.1, -0.05) is 0 Å². The van der Waals surface area contributed by atoms with Crippen molar-refractivity contribution in [3.63, 3.8) is 0 Å². The summed E-state index contributed by atoms with van der Waals surface area (Å²) in [4.78, 5) is 22.0. The minimum absolute atomic E-state index is 0.0556. The number of hydrogen-bond donors (Lipinski definition) is 3. The molecule has 0 aliphatic carbocycles. The molecule has 4 N–H and O–H groups in total. The number of urea groups is 1. The molecule has 1 unspecified atom stereocenters. The van der Waals surface area contributed by atoms with Gasteiger partial charge < -0.3 is 11.1 Å². The van der Waals surface area contributed by atoms with Crippen molar-refractivity contribution < 1.29 is 18.0 Å². The highest BCUT2D eigenvalue weighted by molar-refractivity contribution is 7.92. The Morgan fingerprint density at radius 1 is 1.40 bits per heavy atom. The number of sulfone groups is 1. The number of imide groups is 1. The third kappa shape index (κ3) is 4.26. The summed E-state index contributed by atoms with van der Waals surface area (Å²) in [7, 11) is -2.26. The molecule has 3 amide bonds. The summed E-state index contributed by atoms with van der Waals surface area (Å²) < 4.78 is 22.7. The monoisotopic (exact) mass is 237 g/mol. The van der Waals surface area contributed by atoms with Crippen LogP contribution in [0.25, 0.3) is 0 Å². The maximum atomic E-state index is 11.4. The highest BCUT2D eigenvalue weighted by Crippen LogP contribution is 2.01. The van der Waals surface area contributed by atoms with Crippen molar-refractivity contribution in [1.29, 1.82) is 0 Å². The lowest BCUT2D eigenvalue weighted by Crippen LogP contribution is -2.45. The van der Waals surface area contributed by atoms with Crippen molar-refractivity contribution in [3.8, 4) is 0 Å². The first-order valence-electron chi connectivity index (χ1n) is 4.29. The van der Waals surface area contributed by atoms with Gasteiger partial charge in [0, 0.05) is 13.6 Å². The number of nitrogens with two attached hydrogens (primary N) is 1. The van der Waals surface area contributed by atoms with Gasteiger partial charge in [0.2, 0.25) is 5.91 Å². The molecule has 1 atom stereocenters. The third-order valence-electron chi connectivity index (χ3n) is 1.77. The summed E-state index contributed by atoms with van der Waals surface area (Å²) in [6, 6.07) is -0.741. The predicted molar refractivity (Wildman–Crippen MR) is 54.9 cm³/mol. The van der Waals surface area contributed by atoms with Crippen molar-refractivity contribution in [3.05, 3.63) is 0 Å². The standard InChI is InChI=1S/C7H15N3O4S/c1-5(15(13,14)4-3-8)6(11)10-7(12)9-2/h5H,3-4,8H2,1-2H3,(H2,9,10,11,12). The van der Waals surface area contributed by atoms with Crippen LogP contribution in [0.4, 0.5) is 4.79 Å². The second-order valence-electron chi connectivity index (χ2n) is 2.87. The van der Waals surface area contributed by atoms with Crippen LogP contribution in [0.5, 0.6) is 0 Å². The van der Waals surface area contributed by atoms with E-state index < -0.39 is 27.0 Å². The summed E-state index contributed by atoms with van der Waals surface area (Å²) in [5, 5.41) is 2.75. The average molecular weight is 237 g/mol. The van der Waals surface area contributed by atoms with Gasteiger partial charge in [-0.3, -0.25) is 10.1 Å². The predicted octanol–water partition coefficient (Wildman–Crippen LogP) is -1.80. The van der Waals surface area contributed by atoms with E-state index in [1.165, 1.54) is 14.0 Å². The number of hydrogen-bond acceptors (Lipinski definition) is 5. The zero-order chi connectivity index (χ0) is 12.1. The molecule has 0 rings (SSSR count). The first-order chi connectivity index (χ1) is 6.85. The maximum Gasteiger partial charge on any atom is 0.321 e. The van der Waals surface area contributed by atoms with Gasteiger partial charge in [0.15, 0.2) is 9.84 Å². The number of carbonyl (C=O) groups excluding carboxylic acids is 2. The van der Waals surface area contributed by atoms with Crippen molar-refractivity contribution in [2.75, 3.05) is 19.3 Å². The van der Waals surface area contributed by atoms with Crippen LogP contribution in [0, 0.1) is 0 Å². The molecule has 0 aromatic carbocycles. The molecule has 0 aliphatic rings. The van der Waals surface area contributed by atoms with E-state index in [0.29, 0.717) is 0 Å². The van der Waals surface area contributed by atoms with Gasteiger partial charge in [-0.05, 0) is 6.92 Å². The van der Waals surface area contributed by atoms with Crippen molar-refractivity contribution >= 4 is 21.8 Å². The van der Waals surface area contributed by atoms with Crippen molar-refractivity contribution in [2.45, 2.75) is 12.2 Å². The Bertz CT molecular complexity index is 338. The van der Waals surface area contributed by atoms with Gasteiger partial charge in [0.25, 0.3) is 0 Å². The normalized spacial score (nSPS) is 13.0. The summed E-state index contributed by atoms with van der Waals surface area (Å²) in [5.74, 6) is -1.14. The van der Waals surface area contributed by atoms with Crippen molar-refractivity contribution in [1.82, 2.24) is 10.6 Å². The van der Waals surface area contributed by atoms with Gasteiger partial charge in [-0.25, -0.2) is 13.2 Å². The quantitative estimate of drug-likeness (QED) is 0.533. The number of rotatable bonds is 4. The van der Waals surface area contributed by atoms with Crippen LogP contribution in [-0.4, -0.2) is 45.0 Å². The molecular formula is C7H15N3O4S. The Morgan fingerprint density at radius 2 is 1.93 bits per heavy atom. The molecule has 8 heteroatoms. The first kappa shape index (κ1) is 13.8. The average Bonchev–Trinajstić information content (AvgIpc) is 2.16. The van der Waals surface area contributed by atoms with E-state index in [1.54, 1.807) is 0 Å². The Hall–Kier alpha value is -1.15. The molecule has 0 bridgehead atoms. The van der Waals surface area contributed by atoms with Gasteiger partial charge in [0.05, 0.1) is 5.75 Å². The highest BCUT2D eigenvalue weighted by Gasteiger charge is 2.27. The Balaban J connectivity index is 4.51. The van der Waals surface area contributed by atoms with Gasteiger partial charge >= 0.3 is 6.03 Å². The molecule has 15 heavy (non-hydrogen) atoms. The second kappa shape index (κ2) is 5.66. The Labute approximate surface area is 88.3 Å². The number of nitrogens with one attached hydrogen (secondary N) is 2. The largest absolute Gasteiger partial charge is 0.341 e. The Kier molecular flexibility index (Phi) is 5.23. The van der Waals surface area contributed by atoms with Crippen LogP contribution in [0.3, 0.4) is 0 Å². The van der Waals surface area contributed by atoms with Crippen LogP contribution in [0.2, 0.25) is 0 Å². The summed E-state index contributed by atoms with van der Waals surface area (Å²) >= 11 is 0. The molecule has 7 nitrogen and oxygen atoms in total. The molecule has 88 valence electrons. The fourth-order valence-corrected chi connectivity index (χ4v) is 1.85. The van der Waals surface area contributed by atoms with Crippen LogP contribution in [-0.2, 0) is 14.6 Å². The minimum Gasteiger partial charge on any atom is -0.341 e. The number of carbonyl (C=O) groups is 2. The first-order valence-corrected chi connectivity index (χ1v) is 6.01. The molecule has 0 aromatic heterocycles. The third-order valence-corrected chi connectivity index (χ3v) is 3.87. The van der Waals surface area contributed by atoms with Crippen LogP contribution in [0.15, 0.2) is 0 Å². The molecular weight excluding hydrogens is 222 g/mol. The van der Waals surface area contributed by atoms with E-state index in [9.17, 15) is 18.0 Å².